The summed E-state index contributed by atoms with van der Waals surface area (Å²) in [5, 5.41) is 16.5. The number of ether oxygens (including phenoxy) is 1. The molecule has 1 atom stereocenters. The average Bonchev–Trinajstić information content (AvgIpc) is 3.13. The maximum absolute atomic E-state index is 5.80. The lowest BCUT2D eigenvalue weighted by atomic mass is 9.89. The van der Waals surface area contributed by atoms with E-state index in [4.69, 9.17) is 9.84 Å². The maximum Gasteiger partial charge on any atom is 0.235 e. The van der Waals surface area contributed by atoms with Crippen molar-refractivity contribution in [3.63, 3.8) is 0 Å². The molecule has 7 heteroatoms. The molecule has 0 bridgehead atoms. The van der Waals surface area contributed by atoms with Crippen LogP contribution >= 0.6 is 22.7 Å². The summed E-state index contributed by atoms with van der Waals surface area (Å²) in [6.07, 6.45) is 2.04. The van der Waals surface area contributed by atoms with Gasteiger partial charge in [0.05, 0.1) is 10.5 Å². The second-order valence-electron chi connectivity index (χ2n) is 5.93. The molecule has 0 amide bonds. The molecule has 1 fully saturated rings. The minimum Gasteiger partial charge on any atom is -0.376 e. The van der Waals surface area contributed by atoms with Crippen LogP contribution in [-0.4, -0.2) is 32.0 Å². The molecular weight excluding hydrogens is 304 g/mol. The second kappa shape index (κ2) is 4.86. The SMILES string of the molecule is CC1(C)C[C@@H](c2nn3c(-c4cccs4)nnc3s2)CCO1. The first kappa shape index (κ1) is 13.4. The van der Waals surface area contributed by atoms with Gasteiger partial charge >= 0.3 is 0 Å². The van der Waals surface area contributed by atoms with Crippen molar-refractivity contribution in [2.45, 2.75) is 38.2 Å². The Bertz CT molecular complexity index is 759. The summed E-state index contributed by atoms with van der Waals surface area (Å²) >= 11 is 3.31. The van der Waals surface area contributed by atoms with Crippen molar-refractivity contribution in [1.29, 1.82) is 0 Å². The fourth-order valence-electron chi connectivity index (χ4n) is 2.80. The van der Waals surface area contributed by atoms with Crippen LogP contribution in [0.1, 0.15) is 37.6 Å². The number of fused-ring (bicyclic) bond motifs is 1. The summed E-state index contributed by atoms with van der Waals surface area (Å²) in [5.41, 5.74) is -0.0640. The lowest BCUT2D eigenvalue weighted by molar-refractivity contribution is -0.0593. The fourth-order valence-corrected chi connectivity index (χ4v) is 4.47. The molecule has 0 aromatic carbocycles. The Kier molecular flexibility index (Phi) is 3.09. The minimum absolute atomic E-state index is 0.0640. The van der Waals surface area contributed by atoms with Gasteiger partial charge in [0.2, 0.25) is 4.96 Å². The molecule has 0 aliphatic carbocycles. The molecule has 3 aromatic rings. The van der Waals surface area contributed by atoms with Gasteiger partial charge in [-0.2, -0.15) is 9.61 Å². The number of hydrogen-bond donors (Lipinski definition) is 0. The van der Waals surface area contributed by atoms with Crippen LogP contribution in [0.2, 0.25) is 0 Å². The highest BCUT2D eigenvalue weighted by atomic mass is 32.1. The Morgan fingerprint density at radius 3 is 3.05 bits per heavy atom. The molecular formula is C14H16N4OS2. The van der Waals surface area contributed by atoms with Gasteiger partial charge in [-0.1, -0.05) is 17.4 Å². The van der Waals surface area contributed by atoms with Crippen molar-refractivity contribution in [2.75, 3.05) is 6.61 Å². The van der Waals surface area contributed by atoms with E-state index < -0.39 is 0 Å². The number of rotatable bonds is 2. The predicted octanol–water partition coefficient (Wildman–Crippen LogP) is 3.59. The van der Waals surface area contributed by atoms with Crippen LogP contribution in [-0.2, 0) is 4.74 Å². The Morgan fingerprint density at radius 1 is 1.38 bits per heavy atom. The molecule has 3 aromatic heterocycles. The van der Waals surface area contributed by atoms with E-state index in [1.165, 1.54) is 0 Å². The summed E-state index contributed by atoms with van der Waals surface area (Å²) in [7, 11) is 0. The molecule has 0 saturated carbocycles. The number of nitrogens with zero attached hydrogens (tertiary/aromatic N) is 4. The van der Waals surface area contributed by atoms with Crippen LogP contribution in [0.5, 0.6) is 0 Å². The zero-order valence-electron chi connectivity index (χ0n) is 11.9. The third-order valence-corrected chi connectivity index (χ3v) is 5.72. The topological polar surface area (TPSA) is 52.3 Å². The highest BCUT2D eigenvalue weighted by Crippen LogP contribution is 2.37. The normalized spacial score (nSPS) is 21.9. The lowest BCUT2D eigenvalue weighted by Gasteiger charge is -2.34. The van der Waals surface area contributed by atoms with Crippen LogP contribution in [0.4, 0.5) is 0 Å². The molecule has 4 heterocycles. The van der Waals surface area contributed by atoms with Crippen molar-refractivity contribution in [3.05, 3.63) is 22.5 Å². The van der Waals surface area contributed by atoms with Crippen molar-refractivity contribution in [3.8, 4) is 10.7 Å². The fraction of sp³-hybridized carbons (Fsp3) is 0.500. The Morgan fingerprint density at radius 2 is 2.29 bits per heavy atom. The molecule has 21 heavy (non-hydrogen) atoms. The van der Waals surface area contributed by atoms with Gasteiger partial charge in [-0.15, -0.1) is 21.5 Å². The van der Waals surface area contributed by atoms with E-state index in [1.807, 2.05) is 16.0 Å². The zero-order chi connectivity index (χ0) is 14.4. The predicted molar refractivity (Wildman–Crippen MR) is 84.0 cm³/mol. The number of aromatic nitrogens is 4. The van der Waals surface area contributed by atoms with E-state index in [-0.39, 0.29) is 5.60 Å². The van der Waals surface area contributed by atoms with Crippen molar-refractivity contribution < 1.29 is 4.74 Å². The van der Waals surface area contributed by atoms with Gasteiger partial charge < -0.3 is 4.74 Å². The Hall–Kier alpha value is -1.31. The maximum atomic E-state index is 5.80. The lowest BCUT2D eigenvalue weighted by Crippen LogP contribution is -2.33. The van der Waals surface area contributed by atoms with Crippen LogP contribution in [0.25, 0.3) is 15.7 Å². The van der Waals surface area contributed by atoms with E-state index in [0.717, 1.165) is 40.1 Å². The van der Waals surface area contributed by atoms with Gasteiger partial charge in [0.15, 0.2) is 5.82 Å². The summed E-state index contributed by atoms with van der Waals surface area (Å²) in [4.78, 5) is 1.98. The molecule has 1 saturated heterocycles. The summed E-state index contributed by atoms with van der Waals surface area (Å²) in [6.45, 7) is 5.10. The summed E-state index contributed by atoms with van der Waals surface area (Å²) in [5.74, 6) is 1.30. The summed E-state index contributed by atoms with van der Waals surface area (Å²) in [6, 6.07) is 4.08. The highest BCUT2D eigenvalue weighted by molar-refractivity contribution is 7.16. The van der Waals surface area contributed by atoms with E-state index in [2.05, 4.69) is 30.1 Å². The minimum atomic E-state index is -0.0640. The molecule has 0 unspecified atom stereocenters. The van der Waals surface area contributed by atoms with Gasteiger partial charge in [0, 0.05) is 12.5 Å². The van der Waals surface area contributed by atoms with Crippen molar-refractivity contribution in [2.24, 2.45) is 0 Å². The highest BCUT2D eigenvalue weighted by Gasteiger charge is 2.32. The van der Waals surface area contributed by atoms with Crippen molar-refractivity contribution in [1.82, 2.24) is 19.8 Å². The number of thiophene rings is 1. The van der Waals surface area contributed by atoms with Crippen LogP contribution < -0.4 is 0 Å². The van der Waals surface area contributed by atoms with Gasteiger partial charge in [-0.3, -0.25) is 0 Å². The van der Waals surface area contributed by atoms with Crippen LogP contribution in [0.15, 0.2) is 17.5 Å². The largest absolute Gasteiger partial charge is 0.376 e. The molecule has 0 spiro atoms. The molecule has 110 valence electrons. The molecule has 0 N–H and O–H groups in total. The molecule has 0 radical (unpaired) electrons. The number of hydrogen-bond acceptors (Lipinski definition) is 6. The third kappa shape index (κ3) is 2.39. The first-order valence-corrected chi connectivity index (χ1v) is 8.72. The molecule has 4 rings (SSSR count). The van der Waals surface area contributed by atoms with E-state index in [0.29, 0.717) is 5.92 Å². The smallest absolute Gasteiger partial charge is 0.235 e. The second-order valence-corrected chi connectivity index (χ2v) is 7.87. The van der Waals surface area contributed by atoms with Gasteiger partial charge in [0.1, 0.15) is 5.01 Å². The van der Waals surface area contributed by atoms with Crippen molar-refractivity contribution >= 4 is 27.6 Å². The van der Waals surface area contributed by atoms with Crippen LogP contribution in [0, 0.1) is 0 Å². The summed E-state index contributed by atoms with van der Waals surface area (Å²) < 4.78 is 7.68. The van der Waals surface area contributed by atoms with Gasteiger partial charge in [-0.05, 0) is 38.1 Å². The van der Waals surface area contributed by atoms with Gasteiger partial charge in [0.25, 0.3) is 0 Å². The first-order valence-electron chi connectivity index (χ1n) is 7.02. The molecule has 1 aliphatic heterocycles. The van der Waals surface area contributed by atoms with Gasteiger partial charge in [-0.25, -0.2) is 0 Å². The zero-order valence-corrected chi connectivity index (χ0v) is 13.6. The quantitative estimate of drug-likeness (QED) is 0.724. The average molecular weight is 320 g/mol. The monoisotopic (exact) mass is 320 g/mol. The first-order chi connectivity index (χ1) is 10.1. The Balaban J connectivity index is 1.71. The molecule has 1 aliphatic rings. The standard InChI is InChI=1S/C14H16N4OS2/c1-14(2)8-9(5-6-19-14)12-17-18-11(10-4-3-7-20-10)15-16-13(18)21-12/h3-4,7,9H,5-6,8H2,1-2H3/t9-/m0/s1. The Labute approximate surface area is 130 Å². The van der Waals surface area contributed by atoms with Crippen LogP contribution in [0.3, 0.4) is 0 Å². The molecule has 5 nitrogen and oxygen atoms in total. The third-order valence-electron chi connectivity index (χ3n) is 3.79. The van der Waals surface area contributed by atoms with E-state index in [1.54, 1.807) is 22.7 Å². The van der Waals surface area contributed by atoms with E-state index >= 15 is 0 Å². The van der Waals surface area contributed by atoms with E-state index in [9.17, 15) is 0 Å².